The number of nitrogens with zero attached hydrogens (tertiary/aromatic N) is 3. The van der Waals surface area contributed by atoms with Crippen molar-refractivity contribution >= 4 is 33.1 Å². The average Bonchev–Trinajstić information content (AvgIpc) is 2.47. The molecule has 0 saturated carbocycles. The van der Waals surface area contributed by atoms with Gasteiger partial charge in [0.2, 0.25) is 5.88 Å². The van der Waals surface area contributed by atoms with Gasteiger partial charge in [-0.25, -0.2) is 13.4 Å². The van der Waals surface area contributed by atoms with Crippen LogP contribution < -0.4 is 14.4 Å². The number of ether oxygens (including phenoxy) is 1. The van der Waals surface area contributed by atoms with Crippen molar-refractivity contribution in [2.24, 2.45) is 0 Å². The molecule has 1 aromatic carbocycles. The highest BCUT2D eigenvalue weighted by atomic mass is 35.5. The van der Waals surface area contributed by atoms with Gasteiger partial charge >= 0.3 is 0 Å². The second-order valence-electron chi connectivity index (χ2n) is 4.54. The molecule has 0 amide bonds. The van der Waals surface area contributed by atoms with Crippen LogP contribution in [0.3, 0.4) is 0 Å². The fourth-order valence-electron chi connectivity index (χ4n) is 1.75. The van der Waals surface area contributed by atoms with Crippen LogP contribution in [0.15, 0.2) is 35.5 Å². The van der Waals surface area contributed by atoms with Crippen LogP contribution in [0.4, 0.5) is 11.5 Å². The molecule has 0 unspecified atom stereocenters. The van der Waals surface area contributed by atoms with Crippen molar-refractivity contribution < 1.29 is 13.2 Å². The topological polar surface area (TPSA) is 84.4 Å². The van der Waals surface area contributed by atoms with Crippen molar-refractivity contribution in [3.8, 4) is 5.88 Å². The van der Waals surface area contributed by atoms with E-state index in [1.807, 2.05) is 0 Å². The molecule has 0 bridgehead atoms. The van der Waals surface area contributed by atoms with Gasteiger partial charge in [-0.1, -0.05) is 11.6 Å². The maximum absolute atomic E-state index is 12.5. The van der Waals surface area contributed by atoms with Crippen molar-refractivity contribution in [1.82, 2.24) is 9.97 Å². The molecule has 0 aliphatic carbocycles. The molecule has 0 spiro atoms. The Morgan fingerprint density at radius 1 is 1.18 bits per heavy atom. The van der Waals surface area contributed by atoms with Crippen LogP contribution in [0.1, 0.15) is 0 Å². The number of aromatic nitrogens is 2. The summed E-state index contributed by atoms with van der Waals surface area (Å²) in [5.74, 6) is 0.528. The summed E-state index contributed by atoms with van der Waals surface area (Å²) >= 11 is 5.77. The first-order valence-electron chi connectivity index (χ1n) is 6.20. The predicted octanol–water partition coefficient (Wildman–Crippen LogP) is 2.01. The van der Waals surface area contributed by atoms with E-state index in [0.717, 1.165) is 0 Å². The standard InChI is InChI=1S/C13H15ClN4O3S/c1-18(2)12-11(13(21-3)16-8-15-12)17-22(19,20)10-6-4-9(14)5-7-10/h4-8,17H,1-3H3. The fourth-order valence-corrected chi connectivity index (χ4v) is 2.94. The minimum atomic E-state index is -3.81. The van der Waals surface area contributed by atoms with E-state index in [2.05, 4.69) is 14.7 Å². The number of benzene rings is 1. The van der Waals surface area contributed by atoms with Gasteiger partial charge in [-0.3, -0.25) is 4.72 Å². The molecule has 0 aliphatic rings. The number of methoxy groups -OCH3 is 1. The Hall–Kier alpha value is -2.06. The Morgan fingerprint density at radius 3 is 2.36 bits per heavy atom. The maximum Gasteiger partial charge on any atom is 0.262 e. The molecule has 0 aliphatic heterocycles. The summed E-state index contributed by atoms with van der Waals surface area (Å²) in [4.78, 5) is 9.72. The third-order valence-corrected chi connectivity index (χ3v) is 4.39. The smallest absolute Gasteiger partial charge is 0.262 e. The Kier molecular flexibility index (Phi) is 4.72. The summed E-state index contributed by atoms with van der Waals surface area (Å²) in [6.45, 7) is 0. The number of sulfonamides is 1. The van der Waals surface area contributed by atoms with Crippen molar-refractivity contribution in [2.45, 2.75) is 4.90 Å². The Balaban J connectivity index is 2.47. The highest BCUT2D eigenvalue weighted by Crippen LogP contribution is 2.32. The third kappa shape index (κ3) is 3.40. The summed E-state index contributed by atoms with van der Waals surface area (Å²) < 4.78 is 32.5. The van der Waals surface area contributed by atoms with Crippen LogP contribution in [0.25, 0.3) is 0 Å². The molecule has 0 saturated heterocycles. The van der Waals surface area contributed by atoms with Crippen LogP contribution >= 0.6 is 11.6 Å². The second-order valence-corrected chi connectivity index (χ2v) is 6.65. The normalized spacial score (nSPS) is 11.1. The molecule has 0 radical (unpaired) electrons. The fraction of sp³-hybridized carbons (Fsp3) is 0.231. The zero-order valence-corrected chi connectivity index (χ0v) is 13.8. The Labute approximate surface area is 134 Å². The van der Waals surface area contributed by atoms with Crippen molar-refractivity contribution in [2.75, 3.05) is 30.8 Å². The Morgan fingerprint density at radius 2 is 1.82 bits per heavy atom. The zero-order valence-electron chi connectivity index (χ0n) is 12.2. The highest BCUT2D eigenvalue weighted by Gasteiger charge is 2.21. The minimum Gasteiger partial charge on any atom is -0.479 e. The summed E-state index contributed by atoms with van der Waals surface area (Å²) in [6.07, 6.45) is 1.30. The van der Waals surface area contributed by atoms with Gasteiger partial charge in [0.15, 0.2) is 11.5 Å². The molecule has 1 N–H and O–H groups in total. The van der Waals surface area contributed by atoms with Gasteiger partial charge in [0.25, 0.3) is 10.0 Å². The first-order chi connectivity index (χ1) is 10.3. The second kappa shape index (κ2) is 6.37. The summed E-state index contributed by atoms with van der Waals surface area (Å²) in [5.41, 5.74) is 0.171. The van der Waals surface area contributed by atoms with Crippen LogP contribution in [0.5, 0.6) is 5.88 Å². The van der Waals surface area contributed by atoms with Gasteiger partial charge in [-0.15, -0.1) is 0 Å². The van der Waals surface area contributed by atoms with Gasteiger partial charge < -0.3 is 9.64 Å². The van der Waals surface area contributed by atoms with E-state index in [1.54, 1.807) is 19.0 Å². The lowest BCUT2D eigenvalue weighted by Gasteiger charge is -2.18. The maximum atomic E-state index is 12.5. The van der Waals surface area contributed by atoms with Crippen LogP contribution in [0.2, 0.25) is 5.02 Å². The summed E-state index contributed by atoms with van der Waals surface area (Å²) in [7, 11) is 1.07. The van der Waals surface area contributed by atoms with Crippen molar-refractivity contribution in [3.05, 3.63) is 35.6 Å². The van der Waals surface area contributed by atoms with E-state index in [-0.39, 0.29) is 16.5 Å². The molecule has 1 heterocycles. The van der Waals surface area contributed by atoms with E-state index in [1.165, 1.54) is 37.7 Å². The number of hydrogen-bond donors (Lipinski definition) is 1. The van der Waals surface area contributed by atoms with Crippen molar-refractivity contribution in [1.29, 1.82) is 0 Å². The number of rotatable bonds is 5. The average molecular weight is 343 g/mol. The number of halogens is 1. The molecular weight excluding hydrogens is 328 g/mol. The van der Waals surface area contributed by atoms with Gasteiger partial charge in [-0.05, 0) is 24.3 Å². The van der Waals surface area contributed by atoms with Gasteiger partial charge in [0, 0.05) is 19.1 Å². The molecular formula is C13H15ClN4O3S. The van der Waals surface area contributed by atoms with Gasteiger partial charge in [0.1, 0.15) is 6.33 Å². The van der Waals surface area contributed by atoms with Crippen molar-refractivity contribution in [3.63, 3.8) is 0 Å². The minimum absolute atomic E-state index is 0.0764. The van der Waals surface area contributed by atoms with Crippen LogP contribution in [-0.2, 0) is 10.0 Å². The van der Waals surface area contributed by atoms with Crippen LogP contribution in [0, 0.1) is 0 Å². The largest absolute Gasteiger partial charge is 0.479 e. The predicted molar refractivity (Wildman–Crippen MR) is 85.2 cm³/mol. The highest BCUT2D eigenvalue weighted by molar-refractivity contribution is 7.92. The number of anilines is 2. The molecule has 9 heteroatoms. The molecule has 22 heavy (non-hydrogen) atoms. The van der Waals surface area contributed by atoms with Gasteiger partial charge in [-0.2, -0.15) is 4.98 Å². The molecule has 7 nitrogen and oxygen atoms in total. The zero-order chi connectivity index (χ0) is 16.3. The lowest BCUT2D eigenvalue weighted by Crippen LogP contribution is -2.19. The molecule has 0 fully saturated rings. The monoisotopic (exact) mass is 342 g/mol. The lowest BCUT2D eigenvalue weighted by atomic mass is 10.4. The van der Waals surface area contributed by atoms with E-state index >= 15 is 0 Å². The molecule has 1 aromatic heterocycles. The summed E-state index contributed by atoms with van der Waals surface area (Å²) in [6, 6.07) is 5.83. The number of hydrogen-bond acceptors (Lipinski definition) is 6. The number of nitrogens with one attached hydrogen (secondary N) is 1. The molecule has 2 rings (SSSR count). The van der Waals surface area contributed by atoms with Crippen LogP contribution in [-0.4, -0.2) is 39.6 Å². The van der Waals surface area contributed by atoms with E-state index in [0.29, 0.717) is 10.8 Å². The van der Waals surface area contributed by atoms with E-state index in [9.17, 15) is 8.42 Å². The SMILES string of the molecule is COc1ncnc(N(C)C)c1NS(=O)(=O)c1ccc(Cl)cc1. The quantitative estimate of drug-likeness (QED) is 0.894. The molecule has 0 atom stereocenters. The Bertz CT molecular complexity index is 763. The van der Waals surface area contributed by atoms with E-state index in [4.69, 9.17) is 16.3 Å². The van der Waals surface area contributed by atoms with E-state index < -0.39 is 10.0 Å². The molecule has 118 valence electrons. The lowest BCUT2D eigenvalue weighted by molar-refractivity contribution is 0.399. The van der Waals surface area contributed by atoms with Gasteiger partial charge in [0.05, 0.1) is 12.0 Å². The summed E-state index contributed by atoms with van der Waals surface area (Å²) in [5, 5.41) is 0.452. The third-order valence-electron chi connectivity index (χ3n) is 2.77. The first-order valence-corrected chi connectivity index (χ1v) is 8.06. The first kappa shape index (κ1) is 16.3. The molecule has 2 aromatic rings.